The van der Waals surface area contributed by atoms with Crippen molar-refractivity contribution in [3.63, 3.8) is 0 Å². The summed E-state index contributed by atoms with van der Waals surface area (Å²) in [5.74, 6) is 0.426. The lowest BCUT2D eigenvalue weighted by molar-refractivity contribution is -0.160. The van der Waals surface area contributed by atoms with Gasteiger partial charge in [0.15, 0.2) is 0 Å². The maximum Gasteiger partial charge on any atom is 0.246 e. The van der Waals surface area contributed by atoms with Gasteiger partial charge in [0.25, 0.3) is 0 Å². The Morgan fingerprint density at radius 3 is 2.65 bits per heavy atom. The molecule has 1 saturated heterocycles. The zero-order valence-corrected chi connectivity index (χ0v) is 12.4. The van der Waals surface area contributed by atoms with Gasteiger partial charge >= 0.3 is 0 Å². The summed E-state index contributed by atoms with van der Waals surface area (Å²) in [5.41, 5.74) is -0.643. The monoisotopic (exact) mass is 280 g/mol. The van der Waals surface area contributed by atoms with Gasteiger partial charge in [0.05, 0.1) is 12.6 Å². The number of ether oxygens (including phenoxy) is 1. The molecule has 2 saturated carbocycles. The number of methoxy groups -OCH3 is 1. The topological polar surface area (TPSA) is 58.6 Å². The molecule has 3 atom stereocenters. The second-order valence-electron chi connectivity index (χ2n) is 6.55. The van der Waals surface area contributed by atoms with Gasteiger partial charge < -0.3 is 15.0 Å². The van der Waals surface area contributed by atoms with Crippen molar-refractivity contribution in [3.8, 4) is 0 Å². The number of carbonyl (C=O) groups excluding carboxylic acids is 2. The molecule has 3 rings (SSSR count). The molecule has 0 radical (unpaired) electrons. The molecule has 5 nitrogen and oxygen atoms in total. The molecule has 1 heterocycles. The van der Waals surface area contributed by atoms with Crippen LogP contribution in [0.1, 0.15) is 45.4 Å². The summed E-state index contributed by atoms with van der Waals surface area (Å²) >= 11 is 0. The summed E-state index contributed by atoms with van der Waals surface area (Å²) in [6.07, 6.45) is 6.29. The van der Waals surface area contributed by atoms with Crippen LogP contribution in [-0.2, 0) is 14.3 Å². The SMILES string of the molecule is COC1CCCC(N2C(=O)CNC(=O)C2(C)C2CC2)C1. The number of nitrogens with zero attached hydrogens (tertiary/aromatic N) is 1. The fraction of sp³-hybridized carbons (Fsp3) is 0.867. The predicted octanol–water partition coefficient (Wildman–Crippen LogP) is 1.07. The Labute approximate surface area is 120 Å². The lowest BCUT2D eigenvalue weighted by Crippen LogP contribution is -2.70. The van der Waals surface area contributed by atoms with E-state index in [1.165, 1.54) is 0 Å². The van der Waals surface area contributed by atoms with Crippen molar-refractivity contribution in [2.75, 3.05) is 13.7 Å². The van der Waals surface area contributed by atoms with Gasteiger partial charge in [-0.05, 0) is 51.4 Å². The van der Waals surface area contributed by atoms with Crippen molar-refractivity contribution < 1.29 is 14.3 Å². The first-order chi connectivity index (χ1) is 9.57. The molecule has 0 aromatic rings. The van der Waals surface area contributed by atoms with Crippen LogP contribution < -0.4 is 5.32 Å². The number of nitrogens with one attached hydrogen (secondary N) is 1. The first-order valence-electron chi connectivity index (χ1n) is 7.70. The minimum Gasteiger partial charge on any atom is -0.381 e. The van der Waals surface area contributed by atoms with E-state index in [1.807, 2.05) is 11.8 Å². The van der Waals surface area contributed by atoms with E-state index < -0.39 is 5.54 Å². The van der Waals surface area contributed by atoms with E-state index in [1.54, 1.807) is 7.11 Å². The summed E-state index contributed by atoms with van der Waals surface area (Å²) in [5, 5.41) is 2.78. The molecule has 3 unspecified atom stereocenters. The fourth-order valence-electron chi connectivity index (χ4n) is 3.97. The van der Waals surface area contributed by atoms with E-state index in [-0.39, 0.29) is 30.5 Å². The first kappa shape index (κ1) is 13.9. The molecule has 20 heavy (non-hydrogen) atoms. The molecule has 3 aliphatic rings. The van der Waals surface area contributed by atoms with Crippen LogP contribution in [-0.4, -0.2) is 48.1 Å². The van der Waals surface area contributed by atoms with Crippen LogP contribution in [0.15, 0.2) is 0 Å². The highest BCUT2D eigenvalue weighted by atomic mass is 16.5. The van der Waals surface area contributed by atoms with Gasteiger partial charge in [0, 0.05) is 13.2 Å². The van der Waals surface area contributed by atoms with E-state index in [4.69, 9.17) is 4.74 Å². The Bertz CT molecular complexity index is 421. The second kappa shape index (κ2) is 5.02. The van der Waals surface area contributed by atoms with Crippen molar-refractivity contribution in [1.29, 1.82) is 0 Å². The average molecular weight is 280 g/mol. The number of amides is 2. The lowest BCUT2D eigenvalue weighted by atomic mass is 9.83. The van der Waals surface area contributed by atoms with Gasteiger partial charge in [-0.1, -0.05) is 0 Å². The number of piperazine rings is 1. The first-order valence-corrected chi connectivity index (χ1v) is 7.70. The Balaban J connectivity index is 1.86. The molecule has 3 fully saturated rings. The third-order valence-corrected chi connectivity index (χ3v) is 5.30. The third kappa shape index (κ3) is 2.12. The third-order valence-electron chi connectivity index (χ3n) is 5.30. The number of carbonyl (C=O) groups is 2. The molecular weight excluding hydrogens is 256 g/mol. The van der Waals surface area contributed by atoms with Gasteiger partial charge in [-0.25, -0.2) is 0 Å². The minimum absolute atomic E-state index is 0.0270. The Morgan fingerprint density at radius 2 is 2.00 bits per heavy atom. The molecular formula is C15H24N2O3. The molecule has 2 amide bonds. The van der Waals surface area contributed by atoms with Crippen LogP contribution in [0, 0.1) is 5.92 Å². The van der Waals surface area contributed by atoms with Crippen molar-refractivity contribution in [3.05, 3.63) is 0 Å². The largest absolute Gasteiger partial charge is 0.381 e. The Hall–Kier alpha value is -1.10. The van der Waals surface area contributed by atoms with E-state index in [9.17, 15) is 9.59 Å². The zero-order chi connectivity index (χ0) is 14.3. The highest BCUT2D eigenvalue weighted by Gasteiger charge is 2.56. The quantitative estimate of drug-likeness (QED) is 0.841. The van der Waals surface area contributed by atoms with E-state index in [0.717, 1.165) is 38.5 Å². The maximum atomic E-state index is 12.5. The molecule has 0 bridgehead atoms. The van der Waals surface area contributed by atoms with Crippen molar-refractivity contribution in [1.82, 2.24) is 10.2 Å². The van der Waals surface area contributed by atoms with Gasteiger partial charge in [-0.3, -0.25) is 9.59 Å². The molecule has 1 N–H and O–H groups in total. The standard InChI is InChI=1S/C15H24N2O3/c1-15(10-6-7-10)14(19)16-9-13(18)17(15)11-4-3-5-12(8-11)20-2/h10-12H,3-9H2,1-2H3,(H,16,19). The van der Waals surface area contributed by atoms with Crippen LogP contribution in [0.5, 0.6) is 0 Å². The van der Waals surface area contributed by atoms with Crippen molar-refractivity contribution in [2.24, 2.45) is 5.92 Å². The summed E-state index contributed by atoms with van der Waals surface area (Å²) < 4.78 is 5.48. The maximum absolute atomic E-state index is 12.5. The Kier molecular flexibility index (Phi) is 3.48. The molecule has 0 aromatic carbocycles. The van der Waals surface area contributed by atoms with Gasteiger partial charge in [-0.2, -0.15) is 0 Å². The molecule has 0 aromatic heterocycles. The molecule has 5 heteroatoms. The van der Waals surface area contributed by atoms with E-state index in [2.05, 4.69) is 5.32 Å². The molecule has 112 valence electrons. The van der Waals surface area contributed by atoms with Gasteiger partial charge in [0.1, 0.15) is 5.54 Å². The summed E-state index contributed by atoms with van der Waals surface area (Å²) in [6.45, 7) is 2.10. The highest BCUT2D eigenvalue weighted by molar-refractivity contribution is 5.98. The smallest absolute Gasteiger partial charge is 0.246 e. The fourth-order valence-corrected chi connectivity index (χ4v) is 3.97. The molecule has 0 spiro atoms. The summed E-state index contributed by atoms with van der Waals surface area (Å²) in [7, 11) is 1.73. The van der Waals surface area contributed by atoms with Crippen molar-refractivity contribution >= 4 is 11.8 Å². The highest BCUT2D eigenvalue weighted by Crippen LogP contribution is 2.46. The van der Waals surface area contributed by atoms with E-state index in [0.29, 0.717) is 5.92 Å². The minimum atomic E-state index is -0.643. The van der Waals surface area contributed by atoms with Gasteiger partial charge in [0.2, 0.25) is 11.8 Å². The number of hydrogen-bond acceptors (Lipinski definition) is 3. The molecule has 1 aliphatic heterocycles. The van der Waals surface area contributed by atoms with Gasteiger partial charge in [-0.15, -0.1) is 0 Å². The van der Waals surface area contributed by atoms with E-state index >= 15 is 0 Å². The van der Waals surface area contributed by atoms with Crippen LogP contribution in [0.4, 0.5) is 0 Å². The zero-order valence-electron chi connectivity index (χ0n) is 12.4. The second-order valence-corrected chi connectivity index (χ2v) is 6.55. The normalized spacial score (nSPS) is 38.8. The Morgan fingerprint density at radius 1 is 1.25 bits per heavy atom. The van der Waals surface area contributed by atoms with Crippen LogP contribution >= 0.6 is 0 Å². The van der Waals surface area contributed by atoms with Crippen LogP contribution in [0.25, 0.3) is 0 Å². The lowest BCUT2D eigenvalue weighted by Gasteiger charge is -2.49. The van der Waals surface area contributed by atoms with Crippen LogP contribution in [0.2, 0.25) is 0 Å². The van der Waals surface area contributed by atoms with Crippen molar-refractivity contribution in [2.45, 2.75) is 63.1 Å². The predicted molar refractivity (Wildman–Crippen MR) is 74.0 cm³/mol. The summed E-state index contributed by atoms with van der Waals surface area (Å²) in [4.78, 5) is 26.8. The van der Waals surface area contributed by atoms with Crippen LogP contribution in [0.3, 0.4) is 0 Å². The number of rotatable bonds is 3. The summed E-state index contributed by atoms with van der Waals surface area (Å²) in [6, 6.07) is 0.151. The molecule has 2 aliphatic carbocycles. The number of hydrogen-bond donors (Lipinski definition) is 1. The average Bonchev–Trinajstić information content (AvgIpc) is 3.28.